The van der Waals surface area contributed by atoms with Crippen molar-refractivity contribution in [3.8, 4) is 0 Å². The van der Waals surface area contributed by atoms with Crippen molar-refractivity contribution in [3.05, 3.63) is 33.3 Å². The average Bonchev–Trinajstić information content (AvgIpc) is 2.55. The number of rotatable bonds is 3. The Labute approximate surface area is 122 Å². The summed E-state index contributed by atoms with van der Waals surface area (Å²) < 4.78 is 1.06. The molecule has 0 saturated heterocycles. The molecule has 0 aromatic heterocycles. The molecule has 2 nitrogen and oxygen atoms in total. The Morgan fingerprint density at radius 2 is 2.06 bits per heavy atom. The molecule has 0 spiro atoms. The van der Waals surface area contributed by atoms with Crippen molar-refractivity contribution in [3.63, 3.8) is 0 Å². The monoisotopic (exact) mass is 331 g/mol. The van der Waals surface area contributed by atoms with Gasteiger partial charge in [-0.3, -0.25) is 0 Å². The summed E-state index contributed by atoms with van der Waals surface area (Å²) in [6.45, 7) is 0.739. The number of benzene rings is 1. The van der Waals surface area contributed by atoms with E-state index in [2.05, 4.69) is 21.2 Å². The highest BCUT2D eigenvalue weighted by atomic mass is 79.9. The van der Waals surface area contributed by atoms with Crippen LogP contribution in [0.25, 0.3) is 0 Å². The van der Waals surface area contributed by atoms with Crippen LogP contribution in [0.1, 0.15) is 37.7 Å². The van der Waals surface area contributed by atoms with Crippen molar-refractivity contribution in [2.45, 2.75) is 50.8 Å². The van der Waals surface area contributed by atoms with E-state index < -0.39 is 0 Å². The molecule has 1 fully saturated rings. The molecule has 100 valence electrons. The average molecular weight is 333 g/mol. The fourth-order valence-electron chi connectivity index (χ4n) is 2.45. The molecule has 4 heteroatoms. The first-order valence-electron chi connectivity index (χ1n) is 6.52. The Morgan fingerprint density at radius 3 is 2.89 bits per heavy atom. The van der Waals surface area contributed by atoms with Gasteiger partial charge in [-0.2, -0.15) is 0 Å². The van der Waals surface area contributed by atoms with E-state index in [4.69, 9.17) is 11.6 Å². The molecule has 0 bridgehead atoms. The topological polar surface area (TPSA) is 32.3 Å². The first-order valence-corrected chi connectivity index (χ1v) is 7.69. The smallest absolute Gasteiger partial charge is 0.0693 e. The normalized spacial score (nSPS) is 24.8. The van der Waals surface area contributed by atoms with Crippen LogP contribution in [0, 0.1) is 0 Å². The van der Waals surface area contributed by atoms with Crippen molar-refractivity contribution in [1.82, 2.24) is 5.32 Å². The zero-order valence-corrected chi connectivity index (χ0v) is 12.7. The molecule has 1 aromatic carbocycles. The third-order valence-corrected chi connectivity index (χ3v) is 4.55. The number of aliphatic hydroxyl groups excluding tert-OH is 1. The van der Waals surface area contributed by atoms with Gasteiger partial charge < -0.3 is 10.4 Å². The van der Waals surface area contributed by atoms with Crippen molar-refractivity contribution in [2.75, 3.05) is 0 Å². The standard InChI is InChI=1S/C14H19BrClNO/c15-12-7-6-11(16)8-10(12)9-17-13-4-2-1-3-5-14(13)18/h6-8,13-14,17-18H,1-5,9H2. The Kier molecular flexibility index (Phi) is 5.49. The molecule has 1 aromatic rings. The second-order valence-corrected chi connectivity index (χ2v) is 6.22. The fraction of sp³-hybridized carbons (Fsp3) is 0.571. The van der Waals surface area contributed by atoms with Crippen LogP contribution in [0.5, 0.6) is 0 Å². The lowest BCUT2D eigenvalue weighted by atomic mass is 10.1. The lowest BCUT2D eigenvalue weighted by molar-refractivity contribution is 0.119. The third kappa shape index (κ3) is 3.95. The molecular weight excluding hydrogens is 314 g/mol. The number of hydrogen-bond acceptors (Lipinski definition) is 2. The van der Waals surface area contributed by atoms with E-state index in [1.807, 2.05) is 18.2 Å². The summed E-state index contributed by atoms with van der Waals surface area (Å²) in [6, 6.07) is 6.00. The Balaban J connectivity index is 1.95. The summed E-state index contributed by atoms with van der Waals surface area (Å²) in [6.07, 6.45) is 5.32. The van der Waals surface area contributed by atoms with Gasteiger partial charge in [-0.05, 0) is 36.6 Å². The molecule has 1 aliphatic carbocycles. The number of aliphatic hydroxyl groups is 1. The summed E-state index contributed by atoms with van der Waals surface area (Å²) >= 11 is 9.52. The minimum absolute atomic E-state index is 0.207. The van der Waals surface area contributed by atoms with E-state index in [1.165, 1.54) is 12.8 Å². The van der Waals surface area contributed by atoms with Gasteiger partial charge in [-0.1, -0.05) is 46.8 Å². The summed E-state index contributed by atoms with van der Waals surface area (Å²) in [5.41, 5.74) is 1.14. The van der Waals surface area contributed by atoms with Crippen LogP contribution in [0.2, 0.25) is 5.02 Å². The van der Waals surface area contributed by atoms with Crippen LogP contribution in [0.15, 0.2) is 22.7 Å². The molecule has 2 rings (SSSR count). The lowest BCUT2D eigenvalue weighted by Crippen LogP contribution is -2.38. The van der Waals surface area contributed by atoms with Crippen LogP contribution < -0.4 is 5.32 Å². The van der Waals surface area contributed by atoms with Gasteiger partial charge in [-0.15, -0.1) is 0 Å². The van der Waals surface area contributed by atoms with Crippen LogP contribution in [-0.2, 0) is 6.54 Å². The van der Waals surface area contributed by atoms with Crippen molar-refractivity contribution >= 4 is 27.5 Å². The van der Waals surface area contributed by atoms with E-state index in [9.17, 15) is 5.11 Å². The molecular formula is C14H19BrClNO. The van der Waals surface area contributed by atoms with E-state index in [-0.39, 0.29) is 12.1 Å². The SMILES string of the molecule is OC1CCCCCC1NCc1cc(Cl)ccc1Br. The summed E-state index contributed by atoms with van der Waals surface area (Å²) in [7, 11) is 0. The summed E-state index contributed by atoms with van der Waals surface area (Å²) in [5, 5.41) is 14.3. The predicted octanol–water partition coefficient (Wildman–Crippen LogP) is 3.89. The molecule has 18 heavy (non-hydrogen) atoms. The van der Waals surface area contributed by atoms with Gasteiger partial charge in [0.1, 0.15) is 0 Å². The van der Waals surface area contributed by atoms with Crippen molar-refractivity contribution in [2.24, 2.45) is 0 Å². The van der Waals surface area contributed by atoms with Gasteiger partial charge >= 0.3 is 0 Å². The molecule has 2 unspecified atom stereocenters. The maximum atomic E-state index is 10.1. The third-order valence-electron chi connectivity index (χ3n) is 3.54. The maximum Gasteiger partial charge on any atom is 0.0693 e. The van der Waals surface area contributed by atoms with Gasteiger partial charge in [0, 0.05) is 22.1 Å². The second-order valence-electron chi connectivity index (χ2n) is 4.93. The first-order chi connectivity index (χ1) is 8.66. The number of nitrogens with one attached hydrogen (secondary N) is 1. The van der Waals surface area contributed by atoms with Gasteiger partial charge in [0.25, 0.3) is 0 Å². The van der Waals surface area contributed by atoms with Crippen LogP contribution in [0.3, 0.4) is 0 Å². The minimum atomic E-state index is -0.217. The minimum Gasteiger partial charge on any atom is -0.392 e. The maximum absolute atomic E-state index is 10.1. The van der Waals surface area contributed by atoms with Crippen LogP contribution in [-0.4, -0.2) is 17.3 Å². The highest BCUT2D eigenvalue weighted by Crippen LogP contribution is 2.22. The largest absolute Gasteiger partial charge is 0.392 e. The number of halogens is 2. The van der Waals surface area contributed by atoms with Gasteiger partial charge in [0.05, 0.1) is 6.10 Å². The van der Waals surface area contributed by atoms with Crippen LogP contribution in [0.4, 0.5) is 0 Å². The molecule has 1 saturated carbocycles. The number of hydrogen-bond donors (Lipinski definition) is 2. The molecule has 0 aliphatic heterocycles. The molecule has 0 amide bonds. The van der Waals surface area contributed by atoms with E-state index in [0.717, 1.165) is 40.9 Å². The Hall–Kier alpha value is -0.0900. The second kappa shape index (κ2) is 6.90. The fourth-order valence-corrected chi connectivity index (χ4v) is 3.03. The zero-order valence-electron chi connectivity index (χ0n) is 10.3. The highest BCUT2D eigenvalue weighted by molar-refractivity contribution is 9.10. The highest BCUT2D eigenvalue weighted by Gasteiger charge is 2.20. The van der Waals surface area contributed by atoms with Gasteiger partial charge in [0.15, 0.2) is 0 Å². The van der Waals surface area contributed by atoms with Gasteiger partial charge in [0.2, 0.25) is 0 Å². The Morgan fingerprint density at radius 1 is 1.28 bits per heavy atom. The van der Waals surface area contributed by atoms with Gasteiger partial charge in [-0.25, -0.2) is 0 Å². The van der Waals surface area contributed by atoms with E-state index in [1.54, 1.807) is 0 Å². The lowest BCUT2D eigenvalue weighted by Gasteiger charge is -2.22. The van der Waals surface area contributed by atoms with Crippen molar-refractivity contribution in [1.29, 1.82) is 0 Å². The Bertz CT molecular complexity index is 399. The summed E-state index contributed by atoms with van der Waals surface area (Å²) in [5.74, 6) is 0. The molecule has 0 radical (unpaired) electrons. The quantitative estimate of drug-likeness (QED) is 0.823. The van der Waals surface area contributed by atoms with E-state index in [0.29, 0.717) is 0 Å². The molecule has 0 heterocycles. The predicted molar refractivity (Wildman–Crippen MR) is 78.9 cm³/mol. The van der Waals surface area contributed by atoms with Crippen molar-refractivity contribution < 1.29 is 5.11 Å². The first kappa shape index (κ1) is 14.3. The zero-order chi connectivity index (χ0) is 13.0. The molecule has 1 aliphatic rings. The van der Waals surface area contributed by atoms with Crippen LogP contribution >= 0.6 is 27.5 Å². The summed E-state index contributed by atoms with van der Waals surface area (Å²) in [4.78, 5) is 0. The molecule has 2 atom stereocenters. The molecule has 2 N–H and O–H groups in total. The van der Waals surface area contributed by atoms with E-state index >= 15 is 0 Å².